The minimum absolute atomic E-state index is 0.0848. The zero-order valence-corrected chi connectivity index (χ0v) is 21.8. The number of amides is 2. The molecular formula is C28H32F3N5O3. The highest BCUT2D eigenvalue weighted by atomic mass is 19.4. The van der Waals surface area contributed by atoms with Gasteiger partial charge >= 0.3 is 6.18 Å². The van der Waals surface area contributed by atoms with E-state index in [1.807, 2.05) is 49.3 Å². The molecule has 8 nitrogen and oxygen atoms in total. The zero-order chi connectivity index (χ0) is 27.7. The third-order valence-corrected chi connectivity index (χ3v) is 7.43. The minimum atomic E-state index is -4.47. The number of nitrogens with one attached hydrogen (secondary N) is 4. The van der Waals surface area contributed by atoms with E-state index >= 15 is 0 Å². The molecule has 3 aliphatic rings. The average molecular weight is 544 g/mol. The van der Waals surface area contributed by atoms with Gasteiger partial charge in [0.15, 0.2) is 0 Å². The number of carbonyl (C=O) groups excluding carboxylic acids is 2. The summed E-state index contributed by atoms with van der Waals surface area (Å²) in [6, 6.07) is 13.4. The van der Waals surface area contributed by atoms with Gasteiger partial charge in [0, 0.05) is 36.8 Å². The Morgan fingerprint density at radius 1 is 1.00 bits per heavy atom. The molecule has 208 valence electrons. The second-order valence-electron chi connectivity index (χ2n) is 10.4. The molecule has 1 fully saturated rings. The van der Waals surface area contributed by atoms with E-state index in [-0.39, 0.29) is 36.0 Å². The topological polar surface area (TPSA) is 94.7 Å². The van der Waals surface area contributed by atoms with Gasteiger partial charge in [0.2, 0.25) is 0 Å². The zero-order valence-electron chi connectivity index (χ0n) is 21.8. The van der Waals surface area contributed by atoms with E-state index in [1.54, 1.807) is 0 Å². The van der Waals surface area contributed by atoms with E-state index in [1.165, 1.54) is 12.1 Å². The molecule has 3 aliphatic heterocycles. The fraction of sp³-hybridized carbons (Fsp3) is 0.429. The first-order chi connectivity index (χ1) is 18.6. The number of imide groups is 1. The van der Waals surface area contributed by atoms with Crippen LogP contribution in [0.5, 0.6) is 0 Å². The van der Waals surface area contributed by atoms with E-state index in [0.29, 0.717) is 37.2 Å². The summed E-state index contributed by atoms with van der Waals surface area (Å²) in [6.45, 7) is 1.38. The third-order valence-electron chi connectivity index (χ3n) is 7.43. The molecule has 0 unspecified atom stereocenters. The van der Waals surface area contributed by atoms with Gasteiger partial charge in [0.25, 0.3) is 11.8 Å². The van der Waals surface area contributed by atoms with Crippen molar-refractivity contribution in [3.05, 3.63) is 76.6 Å². The summed E-state index contributed by atoms with van der Waals surface area (Å²) in [5.74, 6) is -1.10. The fourth-order valence-electron chi connectivity index (χ4n) is 5.49. The Morgan fingerprint density at radius 2 is 1.72 bits per heavy atom. The molecule has 11 heteroatoms. The highest BCUT2D eigenvalue weighted by Gasteiger charge is 2.44. The quantitative estimate of drug-likeness (QED) is 0.380. The van der Waals surface area contributed by atoms with Crippen molar-refractivity contribution in [2.24, 2.45) is 5.92 Å². The van der Waals surface area contributed by atoms with Crippen LogP contribution in [0.1, 0.15) is 41.7 Å². The van der Waals surface area contributed by atoms with Crippen LogP contribution in [0.2, 0.25) is 0 Å². The Labute approximate surface area is 225 Å². The van der Waals surface area contributed by atoms with Crippen molar-refractivity contribution >= 4 is 17.5 Å². The lowest BCUT2D eigenvalue weighted by atomic mass is 9.76. The molecule has 2 amide bonds. The lowest BCUT2D eigenvalue weighted by Gasteiger charge is -2.46. The molecule has 4 N–H and O–H groups in total. The number of halogens is 3. The van der Waals surface area contributed by atoms with Gasteiger partial charge in [-0.3, -0.25) is 14.9 Å². The average Bonchev–Trinajstić information content (AvgIpc) is 3.17. The Balaban J connectivity index is 1.37. The largest absolute Gasteiger partial charge is 0.416 e. The molecule has 0 saturated carbocycles. The first-order valence-corrected chi connectivity index (χ1v) is 13.0. The van der Waals surface area contributed by atoms with E-state index in [2.05, 4.69) is 21.3 Å². The third kappa shape index (κ3) is 5.74. The number of nitrogens with zero attached hydrogens (tertiary/aromatic N) is 1. The second kappa shape index (κ2) is 10.9. The Morgan fingerprint density at radius 3 is 2.41 bits per heavy atom. The maximum absolute atomic E-state index is 13.6. The Bertz CT molecular complexity index is 1260. The maximum atomic E-state index is 13.6. The lowest BCUT2D eigenvalue weighted by molar-refractivity contribution is -0.138. The van der Waals surface area contributed by atoms with Gasteiger partial charge in [-0.2, -0.15) is 13.2 Å². The van der Waals surface area contributed by atoms with Crippen LogP contribution < -0.4 is 21.3 Å². The van der Waals surface area contributed by atoms with Crippen LogP contribution in [0, 0.1) is 5.92 Å². The normalized spacial score (nSPS) is 24.7. The summed E-state index contributed by atoms with van der Waals surface area (Å²) in [5.41, 5.74) is 1.74. The predicted octanol–water partition coefficient (Wildman–Crippen LogP) is 3.32. The number of fused-ring (bicyclic) bond motifs is 3. The first kappa shape index (κ1) is 27.0. The van der Waals surface area contributed by atoms with Crippen LogP contribution in [0.15, 0.2) is 59.9 Å². The lowest BCUT2D eigenvalue weighted by Crippen LogP contribution is -2.42. The summed E-state index contributed by atoms with van der Waals surface area (Å²) in [6.07, 6.45) is -4.07. The number of hydrogen-bond donors (Lipinski definition) is 4. The molecule has 0 aliphatic carbocycles. The number of ether oxygens (including phenoxy) is 1. The molecule has 1 saturated heterocycles. The molecule has 0 bridgehead atoms. The van der Waals surface area contributed by atoms with Crippen LogP contribution in [-0.4, -0.2) is 56.5 Å². The molecule has 4 atom stereocenters. The fourth-order valence-corrected chi connectivity index (χ4v) is 5.49. The number of benzene rings is 2. The van der Waals surface area contributed by atoms with Crippen molar-refractivity contribution in [2.45, 2.75) is 37.3 Å². The van der Waals surface area contributed by atoms with E-state index in [0.717, 1.165) is 11.6 Å². The summed E-state index contributed by atoms with van der Waals surface area (Å²) in [7, 11) is 3.81. The number of anilines is 1. The molecule has 0 aromatic heterocycles. The molecule has 5 rings (SSSR count). The smallest absolute Gasteiger partial charge is 0.378 e. The number of likely N-dealkylation sites (N-methyl/N-ethyl adjacent to an activating group) is 1. The van der Waals surface area contributed by atoms with Crippen LogP contribution in [0.25, 0.3) is 0 Å². The van der Waals surface area contributed by atoms with Crippen molar-refractivity contribution in [3.63, 3.8) is 0 Å². The number of alkyl halides is 3. The highest BCUT2D eigenvalue weighted by Crippen LogP contribution is 2.51. The van der Waals surface area contributed by atoms with E-state index in [4.69, 9.17) is 4.74 Å². The van der Waals surface area contributed by atoms with Gasteiger partial charge < -0.3 is 25.6 Å². The van der Waals surface area contributed by atoms with Gasteiger partial charge in [-0.1, -0.05) is 30.3 Å². The summed E-state index contributed by atoms with van der Waals surface area (Å²) >= 11 is 0. The summed E-state index contributed by atoms with van der Waals surface area (Å²) in [4.78, 5) is 26.7. The summed E-state index contributed by atoms with van der Waals surface area (Å²) < 4.78 is 47.2. The van der Waals surface area contributed by atoms with E-state index in [9.17, 15) is 22.8 Å². The molecule has 2 aromatic carbocycles. The van der Waals surface area contributed by atoms with Gasteiger partial charge in [0.1, 0.15) is 11.4 Å². The molecule has 2 aromatic rings. The van der Waals surface area contributed by atoms with Gasteiger partial charge in [0.05, 0.1) is 23.8 Å². The van der Waals surface area contributed by atoms with Crippen molar-refractivity contribution in [1.29, 1.82) is 0 Å². The second-order valence-corrected chi connectivity index (χ2v) is 10.4. The van der Waals surface area contributed by atoms with Crippen LogP contribution in [0.3, 0.4) is 0 Å². The number of carbonyl (C=O) groups is 2. The van der Waals surface area contributed by atoms with Crippen LogP contribution >= 0.6 is 0 Å². The van der Waals surface area contributed by atoms with Crippen molar-refractivity contribution < 1.29 is 27.5 Å². The first-order valence-electron chi connectivity index (χ1n) is 13.0. The standard InChI is InChI=1S/C28H32F3N5O3/c1-36(2)13-12-32-23-24(27(38)35-26(23)37)33-15-18-9-10-19-22(16-6-4-3-5-7-16)34-21-11-8-17(28(29,30)31)14-20(21)25(19)39-18/h3-8,11,14,18-19,22,25,34H,9-10,12-13,15H2,1-2H3,(H3,32,33,35,37,38)/t18-,19+,22+,25+/m1/s1. The van der Waals surface area contributed by atoms with Gasteiger partial charge in [-0.25, -0.2) is 0 Å². The monoisotopic (exact) mass is 543 g/mol. The highest BCUT2D eigenvalue weighted by molar-refractivity contribution is 6.18. The molecule has 0 spiro atoms. The van der Waals surface area contributed by atoms with Gasteiger partial charge in [-0.15, -0.1) is 0 Å². The van der Waals surface area contributed by atoms with Gasteiger partial charge in [-0.05, 0) is 50.7 Å². The maximum Gasteiger partial charge on any atom is 0.416 e. The summed E-state index contributed by atoms with van der Waals surface area (Å²) in [5, 5.41) is 11.8. The molecule has 39 heavy (non-hydrogen) atoms. The predicted molar refractivity (Wildman–Crippen MR) is 139 cm³/mol. The Kier molecular flexibility index (Phi) is 7.55. The van der Waals surface area contributed by atoms with Crippen LogP contribution in [0.4, 0.5) is 18.9 Å². The van der Waals surface area contributed by atoms with E-state index < -0.39 is 29.7 Å². The molecule has 0 radical (unpaired) electrons. The number of rotatable bonds is 8. The van der Waals surface area contributed by atoms with Crippen LogP contribution in [-0.2, 0) is 20.5 Å². The van der Waals surface area contributed by atoms with Crippen molar-refractivity contribution in [1.82, 2.24) is 20.9 Å². The SMILES string of the molecule is CN(C)CCNC1=C(NC[C@H]2CC[C@@H]3[C@H](O2)c2cc(C(F)(F)F)ccc2N[C@H]3c2ccccc2)C(=O)NC1=O. The molecular weight excluding hydrogens is 511 g/mol. The molecule has 3 heterocycles. The Hall–Kier alpha value is -3.57. The van der Waals surface area contributed by atoms with Crippen molar-refractivity contribution in [3.8, 4) is 0 Å². The number of hydrogen-bond acceptors (Lipinski definition) is 7. The minimum Gasteiger partial charge on any atom is -0.378 e. The van der Waals surface area contributed by atoms with Crippen molar-refractivity contribution in [2.75, 3.05) is 39.0 Å².